The Labute approximate surface area is 144 Å². The summed E-state index contributed by atoms with van der Waals surface area (Å²) in [5, 5.41) is 12.8. The van der Waals surface area contributed by atoms with Gasteiger partial charge in [0.1, 0.15) is 14.9 Å². The monoisotopic (exact) mass is 358 g/mol. The first kappa shape index (κ1) is 17.2. The molecule has 0 unspecified atom stereocenters. The number of rotatable bonds is 4. The van der Waals surface area contributed by atoms with Crippen molar-refractivity contribution in [3.05, 3.63) is 52.5 Å². The fraction of sp³-hybridized carbons (Fsp3) is 0.333. The van der Waals surface area contributed by atoms with Gasteiger partial charge in [0.25, 0.3) is 6.17 Å². The first-order valence-electron chi connectivity index (χ1n) is 6.63. The summed E-state index contributed by atoms with van der Waals surface area (Å²) in [5.74, 6) is -0.533. The van der Waals surface area contributed by atoms with E-state index in [0.717, 1.165) is 4.74 Å². The Kier molecular flexibility index (Phi) is 5.14. The van der Waals surface area contributed by atoms with E-state index in [1.807, 2.05) is 13.8 Å². The number of nitrogens with zero attached hydrogens (tertiary/aromatic N) is 2. The van der Waals surface area contributed by atoms with Crippen LogP contribution in [0.3, 0.4) is 0 Å². The Bertz CT molecular complexity index is 628. The molecule has 1 aromatic rings. The predicted molar refractivity (Wildman–Crippen MR) is 95.2 cm³/mol. The highest BCUT2D eigenvalue weighted by atomic mass is 35.5. The Hall–Kier alpha value is -1.11. The van der Waals surface area contributed by atoms with E-state index in [0.29, 0.717) is 10.9 Å². The van der Waals surface area contributed by atoms with E-state index in [1.54, 1.807) is 17.0 Å². The van der Waals surface area contributed by atoms with Crippen LogP contribution in [-0.4, -0.2) is 37.6 Å². The average Bonchev–Trinajstić information content (AvgIpc) is 2.64. The van der Waals surface area contributed by atoms with Gasteiger partial charge in [-0.05, 0) is 26.0 Å². The predicted octanol–water partition coefficient (Wildman–Crippen LogP) is 4.03. The van der Waals surface area contributed by atoms with Crippen LogP contribution in [0.5, 0.6) is 0 Å². The standard InChI is InChI=1S/C15H16ClFN2OS2/c1-4-8-18-13(15(2,3)22-14(18)21)19(20)9-10-11(16)6-5-7-12(10)17/h4-7,9,13H,1,8H2,2-3H3/b19-9-/t13-/m0/s1. The normalized spacial score (nSPS) is 21.3. The lowest BCUT2D eigenvalue weighted by atomic mass is 10.1. The number of hydrogen-bond acceptors (Lipinski definition) is 3. The van der Waals surface area contributed by atoms with Gasteiger partial charge in [-0.15, -0.1) is 6.58 Å². The summed E-state index contributed by atoms with van der Waals surface area (Å²) in [4.78, 5) is 1.78. The van der Waals surface area contributed by atoms with Gasteiger partial charge in [0.05, 0.1) is 10.6 Å². The molecule has 1 aromatic carbocycles. The molecule has 2 rings (SSSR count). The molecule has 118 valence electrons. The molecule has 1 fully saturated rings. The zero-order chi connectivity index (χ0) is 16.5. The number of hydrogen-bond donors (Lipinski definition) is 0. The second-order valence-corrected chi connectivity index (χ2v) is 8.11. The van der Waals surface area contributed by atoms with Crippen molar-refractivity contribution in [2.45, 2.75) is 24.8 Å². The van der Waals surface area contributed by atoms with Crippen LogP contribution in [-0.2, 0) is 0 Å². The van der Waals surface area contributed by atoms with Crippen LogP contribution in [0.4, 0.5) is 4.39 Å². The van der Waals surface area contributed by atoms with Crippen LogP contribution >= 0.6 is 35.6 Å². The minimum absolute atomic E-state index is 0.0799. The molecule has 0 aliphatic carbocycles. The van der Waals surface area contributed by atoms with E-state index in [-0.39, 0.29) is 10.6 Å². The molecule has 0 amide bonds. The maximum Gasteiger partial charge on any atom is 0.254 e. The number of benzene rings is 1. The molecule has 1 saturated heterocycles. The van der Waals surface area contributed by atoms with Gasteiger partial charge in [0.2, 0.25) is 0 Å². The van der Waals surface area contributed by atoms with Crippen LogP contribution in [0.1, 0.15) is 19.4 Å². The summed E-state index contributed by atoms with van der Waals surface area (Å²) in [6.07, 6.45) is 2.32. The Morgan fingerprint density at radius 2 is 2.27 bits per heavy atom. The van der Waals surface area contributed by atoms with E-state index in [4.69, 9.17) is 23.8 Å². The average molecular weight is 359 g/mol. The maximum absolute atomic E-state index is 13.9. The van der Waals surface area contributed by atoms with Crippen molar-refractivity contribution < 1.29 is 9.13 Å². The summed E-state index contributed by atoms with van der Waals surface area (Å²) < 4.78 is 14.8. The third-order valence-electron chi connectivity index (χ3n) is 3.32. The highest BCUT2D eigenvalue weighted by molar-refractivity contribution is 8.24. The lowest BCUT2D eigenvalue weighted by Crippen LogP contribution is -2.48. The molecule has 0 N–H and O–H groups in total. The quantitative estimate of drug-likeness (QED) is 0.203. The topological polar surface area (TPSA) is 29.3 Å². The smallest absolute Gasteiger partial charge is 0.254 e. The van der Waals surface area contributed by atoms with E-state index in [2.05, 4.69) is 6.58 Å². The van der Waals surface area contributed by atoms with E-state index < -0.39 is 16.7 Å². The molecule has 1 aliphatic rings. The lowest BCUT2D eigenvalue weighted by molar-refractivity contribution is -0.523. The molecular formula is C15H16ClFN2OS2. The van der Waals surface area contributed by atoms with Gasteiger partial charge in [0, 0.05) is 6.54 Å². The highest BCUT2D eigenvalue weighted by Crippen LogP contribution is 2.41. The number of halogens is 2. The van der Waals surface area contributed by atoms with E-state index in [9.17, 15) is 9.60 Å². The fourth-order valence-electron chi connectivity index (χ4n) is 2.40. The Morgan fingerprint density at radius 3 is 2.86 bits per heavy atom. The van der Waals surface area contributed by atoms with E-state index in [1.165, 1.54) is 30.1 Å². The maximum atomic E-state index is 13.9. The van der Waals surface area contributed by atoms with Crippen LogP contribution in [0.15, 0.2) is 30.9 Å². The van der Waals surface area contributed by atoms with Gasteiger partial charge in [-0.3, -0.25) is 4.90 Å². The molecule has 7 heteroatoms. The zero-order valence-electron chi connectivity index (χ0n) is 12.3. The molecule has 1 atom stereocenters. The van der Waals surface area contributed by atoms with E-state index >= 15 is 0 Å². The second-order valence-electron chi connectivity index (χ2n) is 5.41. The molecule has 0 aromatic heterocycles. The number of thioether (sulfide) groups is 1. The minimum Gasteiger partial charge on any atom is -0.622 e. The summed E-state index contributed by atoms with van der Waals surface area (Å²) in [6, 6.07) is 4.32. The first-order valence-corrected chi connectivity index (χ1v) is 8.23. The van der Waals surface area contributed by atoms with Gasteiger partial charge in [-0.25, -0.2) is 4.39 Å². The largest absolute Gasteiger partial charge is 0.622 e. The SMILES string of the molecule is C=CCN1C(=S)SC(C)(C)[C@@H]1/[N+]([O-])=C/c1c(F)cccc1Cl. The molecule has 3 nitrogen and oxygen atoms in total. The molecular weight excluding hydrogens is 343 g/mol. The van der Waals surface area contributed by atoms with Crippen molar-refractivity contribution >= 4 is 46.1 Å². The van der Waals surface area contributed by atoms with Gasteiger partial charge < -0.3 is 5.21 Å². The summed E-state index contributed by atoms with van der Waals surface area (Å²) in [6.45, 7) is 8.01. The molecule has 0 radical (unpaired) electrons. The van der Waals surface area contributed by atoms with Crippen molar-refractivity contribution in [2.24, 2.45) is 0 Å². The van der Waals surface area contributed by atoms with Crippen molar-refractivity contribution in [2.75, 3.05) is 6.54 Å². The van der Waals surface area contributed by atoms with Crippen molar-refractivity contribution in [3.8, 4) is 0 Å². The first-order chi connectivity index (χ1) is 10.3. The van der Waals surface area contributed by atoms with Crippen molar-refractivity contribution in [1.82, 2.24) is 4.90 Å². The van der Waals surface area contributed by atoms with Crippen LogP contribution in [0.25, 0.3) is 0 Å². The summed E-state index contributed by atoms with van der Waals surface area (Å²) in [5.41, 5.74) is 0.0799. The molecule has 22 heavy (non-hydrogen) atoms. The molecule has 1 heterocycles. The number of thiocarbonyl (C=S) groups is 1. The molecule has 1 aliphatic heterocycles. The zero-order valence-corrected chi connectivity index (χ0v) is 14.6. The van der Waals surface area contributed by atoms with Gasteiger partial charge in [-0.2, -0.15) is 4.74 Å². The summed E-state index contributed by atoms with van der Waals surface area (Å²) in [7, 11) is 0. The van der Waals surface area contributed by atoms with Crippen LogP contribution in [0, 0.1) is 11.0 Å². The van der Waals surface area contributed by atoms with Crippen LogP contribution < -0.4 is 0 Å². The second kappa shape index (κ2) is 6.56. The Balaban J connectivity index is 2.45. The van der Waals surface area contributed by atoms with Crippen LogP contribution in [0.2, 0.25) is 5.02 Å². The third-order valence-corrected chi connectivity index (χ3v) is 5.28. The molecule has 0 saturated carbocycles. The Morgan fingerprint density at radius 1 is 1.59 bits per heavy atom. The van der Waals surface area contributed by atoms with Gasteiger partial charge in [0.15, 0.2) is 6.21 Å². The third kappa shape index (κ3) is 3.29. The minimum atomic E-state index is -0.557. The summed E-state index contributed by atoms with van der Waals surface area (Å²) >= 11 is 12.8. The van der Waals surface area contributed by atoms with Gasteiger partial charge in [-0.1, -0.05) is 47.7 Å². The van der Waals surface area contributed by atoms with Gasteiger partial charge >= 0.3 is 0 Å². The fourth-order valence-corrected chi connectivity index (χ4v) is 4.51. The molecule has 0 bridgehead atoms. The molecule has 0 spiro atoms. The lowest BCUT2D eigenvalue weighted by Gasteiger charge is -2.29. The van der Waals surface area contributed by atoms with Crippen molar-refractivity contribution in [1.29, 1.82) is 0 Å². The van der Waals surface area contributed by atoms with Crippen molar-refractivity contribution in [3.63, 3.8) is 0 Å². The number of hydroxylamine groups is 1. The highest BCUT2D eigenvalue weighted by Gasteiger charge is 2.50.